The molecule has 66 valence electrons. The lowest BCUT2D eigenvalue weighted by Gasteiger charge is -2.29. The average molecular weight is 159 g/mol. The number of likely N-dealkylation sites (tertiary alicyclic amines) is 1. The van der Waals surface area contributed by atoms with Crippen LogP contribution < -0.4 is 0 Å². The van der Waals surface area contributed by atoms with E-state index in [4.69, 9.17) is 4.74 Å². The molecular weight excluding hydrogens is 142 g/mol. The van der Waals surface area contributed by atoms with Gasteiger partial charge in [-0.3, -0.25) is 0 Å². The first-order valence-electron chi connectivity index (χ1n) is 4.26. The Bertz CT molecular complexity index is 111. The summed E-state index contributed by atoms with van der Waals surface area (Å²) in [5, 5.41) is 0. The van der Waals surface area contributed by atoms with Crippen LogP contribution >= 0.6 is 0 Å². The summed E-state index contributed by atoms with van der Waals surface area (Å²) in [5.41, 5.74) is 0. The Labute approximate surface area is 68.3 Å². The van der Waals surface area contributed by atoms with Gasteiger partial charge in [0.1, 0.15) is 0 Å². The number of carbonyl (C=O) groups excluding carboxylic acids is 1. The smallest absolute Gasteiger partial charge is 0.409 e. The van der Waals surface area contributed by atoms with Crippen LogP contribution in [0.1, 0.15) is 27.2 Å². The van der Waals surface area contributed by atoms with Crippen LogP contribution in [-0.4, -0.2) is 30.7 Å². The molecule has 1 saturated heterocycles. The second kappa shape index (κ2) is 6.01. The second-order valence-electron chi connectivity index (χ2n) is 2.04. The van der Waals surface area contributed by atoms with Crippen molar-refractivity contribution in [1.29, 1.82) is 0 Å². The zero-order chi connectivity index (χ0) is 8.69. The molecule has 0 spiro atoms. The first-order valence-corrected chi connectivity index (χ1v) is 4.26. The highest BCUT2D eigenvalue weighted by Crippen LogP contribution is 2.06. The molecule has 0 bridgehead atoms. The lowest BCUT2D eigenvalue weighted by atomic mass is 10.2. The molecule has 0 saturated carbocycles. The summed E-state index contributed by atoms with van der Waals surface area (Å²) in [7, 11) is 0. The molecule has 3 heteroatoms. The predicted molar refractivity (Wildman–Crippen MR) is 44.6 cm³/mol. The van der Waals surface area contributed by atoms with Crippen LogP contribution in [0.3, 0.4) is 0 Å². The molecule has 1 aliphatic rings. The SMILES string of the molecule is CC.CCOC(=O)N1CCC1. The minimum absolute atomic E-state index is 0.163. The van der Waals surface area contributed by atoms with Crippen molar-refractivity contribution in [2.45, 2.75) is 27.2 Å². The van der Waals surface area contributed by atoms with Crippen LogP contribution in [0.15, 0.2) is 0 Å². The largest absolute Gasteiger partial charge is 0.450 e. The molecule has 0 atom stereocenters. The summed E-state index contributed by atoms with van der Waals surface area (Å²) < 4.78 is 4.73. The molecule has 0 aromatic carbocycles. The molecule has 3 nitrogen and oxygen atoms in total. The molecule has 0 N–H and O–H groups in total. The summed E-state index contributed by atoms with van der Waals surface area (Å²) >= 11 is 0. The van der Waals surface area contributed by atoms with E-state index in [1.165, 1.54) is 0 Å². The molecule has 0 aromatic heterocycles. The van der Waals surface area contributed by atoms with Crippen LogP contribution in [0.5, 0.6) is 0 Å². The van der Waals surface area contributed by atoms with Crippen molar-refractivity contribution in [3.63, 3.8) is 0 Å². The maximum absolute atomic E-state index is 10.7. The summed E-state index contributed by atoms with van der Waals surface area (Å²) in [6.07, 6.45) is 0.961. The van der Waals surface area contributed by atoms with Gasteiger partial charge >= 0.3 is 6.09 Å². The van der Waals surface area contributed by atoms with Gasteiger partial charge in [-0.2, -0.15) is 0 Å². The van der Waals surface area contributed by atoms with E-state index in [2.05, 4.69) is 0 Å². The lowest BCUT2D eigenvalue weighted by Crippen LogP contribution is -2.42. The van der Waals surface area contributed by atoms with Crippen LogP contribution in [0.4, 0.5) is 4.79 Å². The van der Waals surface area contributed by atoms with Crippen LogP contribution in [0, 0.1) is 0 Å². The van der Waals surface area contributed by atoms with Gasteiger partial charge in [0.15, 0.2) is 0 Å². The molecule has 1 amide bonds. The number of hydrogen-bond donors (Lipinski definition) is 0. The minimum Gasteiger partial charge on any atom is -0.450 e. The fraction of sp³-hybridized carbons (Fsp3) is 0.875. The molecule has 11 heavy (non-hydrogen) atoms. The van der Waals surface area contributed by atoms with Crippen LogP contribution in [0.25, 0.3) is 0 Å². The van der Waals surface area contributed by atoms with E-state index in [1.807, 2.05) is 20.8 Å². The third kappa shape index (κ3) is 3.25. The van der Waals surface area contributed by atoms with Gasteiger partial charge < -0.3 is 9.64 Å². The Morgan fingerprint density at radius 2 is 2.00 bits per heavy atom. The van der Waals surface area contributed by atoms with E-state index in [-0.39, 0.29) is 6.09 Å². The number of carbonyl (C=O) groups is 1. The number of hydrogen-bond acceptors (Lipinski definition) is 2. The van der Waals surface area contributed by atoms with E-state index in [1.54, 1.807) is 4.90 Å². The maximum atomic E-state index is 10.7. The molecule has 1 aliphatic heterocycles. The quantitative estimate of drug-likeness (QED) is 0.584. The average Bonchev–Trinajstić information content (AvgIpc) is 1.89. The fourth-order valence-electron chi connectivity index (χ4n) is 0.714. The van der Waals surface area contributed by atoms with Gasteiger partial charge in [0.05, 0.1) is 6.61 Å². The van der Waals surface area contributed by atoms with Gasteiger partial charge in [-0.25, -0.2) is 4.79 Å². The Kier molecular flexibility index (Phi) is 5.61. The van der Waals surface area contributed by atoms with E-state index in [0.717, 1.165) is 19.5 Å². The Morgan fingerprint density at radius 1 is 1.45 bits per heavy atom. The molecule has 0 aromatic rings. The predicted octanol–water partition coefficient (Wildman–Crippen LogP) is 1.87. The standard InChI is InChI=1S/C6H11NO2.C2H6/c1-2-9-6(8)7-4-3-5-7;1-2/h2-5H2,1H3;1-2H3. The van der Waals surface area contributed by atoms with Crippen LogP contribution in [0.2, 0.25) is 0 Å². The van der Waals surface area contributed by atoms with Crippen LogP contribution in [-0.2, 0) is 4.74 Å². The zero-order valence-electron chi connectivity index (χ0n) is 7.59. The van der Waals surface area contributed by atoms with Gasteiger partial charge in [-0.1, -0.05) is 13.8 Å². The molecule has 0 unspecified atom stereocenters. The first kappa shape index (κ1) is 10.3. The fourth-order valence-corrected chi connectivity index (χ4v) is 0.714. The van der Waals surface area contributed by atoms with E-state index < -0.39 is 0 Å². The van der Waals surface area contributed by atoms with Crippen molar-refractivity contribution in [2.24, 2.45) is 0 Å². The number of nitrogens with zero attached hydrogens (tertiary/aromatic N) is 1. The Morgan fingerprint density at radius 3 is 2.27 bits per heavy atom. The van der Waals surface area contributed by atoms with E-state index >= 15 is 0 Å². The number of amides is 1. The summed E-state index contributed by atoms with van der Waals surface area (Å²) in [4.78, 5) is 12.4. The van der Waals surface area contributed by atoms with E-state index in [9.17, 15) is 4.79 Å². The molecular formula is C8H17NO2. The van der Waals surface area contributed by atoms with Crippen molar-refractivity contribution in [1.82, 2.24) is 4.90 Å². The monoisotopic (exact) mass is 159 g/mol. The molecule has 0 radical (unpaired) electrons. The Balaban J connectivity index is 0.000000461. The first-order chi connectivity index (χ1) is 5.34. The summed E-state index contributed by atoms with van der Waals surface area (Å²) in [5.74, 6) is 0. The molecule has 1 rings (SSSR count). The highest BCUT2D eigenvalue weighted by atomic mass is 16.6. The Hall–Kier alpha value is -0.730. The minimum atomic E-state index is -0.163. The molecule has 1 heterocycles. The van der Waals surface area contributed by atoms with Gasteiger partial charge in [-0.05, 0) is 13.3 Å². The number of ether oxygens (including phenoxy) is 1. The van der Waals surface area contributed by atoms with Crippen molar-refractivity contribution in [2.75, 3.05) is 19.7 Å². The zero-order valence-corrected chi connectivity index (χ0v) is 7.59. The molecule has 1 fully saturated rings. The summed E-state index contributed by atoms with van der Waals surface area (Å²) in [6, 6.07) is 0. The lowest BCUT2D eigenvalue weighted by molar-refractivity contribution is 0.0850. The highest BCUT2D eigenvalue weighted by Gasteiger charge is 2.20. The number of rotatable bonds is 1. The van der Waals surface area contributed by atoms with Gasteiger partial charge in [-0.15, -0.1) is 0 Å². The van der Waals surface area contributed by atoms with Crippen molar-refractivity contribution in [3.05, 3.63) is 0 Å². The van der Waals surface area contributed by atoms with Gasteiger partial charge in [0.25, 0.3) is 0 Å². The second-order valence-corrected chi connectivity index (χ2v) is 2.04. The maximum Gasteiger partial charge on any atom is 0.409 e. The third-order valence-corrected chi connectivity index (χ3v) is 1.38. The van der Waals surface area contributed by atoms with Gasteiger partial charge in [0, 0.05) is 13.1 Å². The highest BCUT2D eigenvalue weighted by molar-refractivity contribution is 5.68. The topological polar surface area (TPSA) is 29.5 Å². The summed E-state index contributed by atoms with van der Waals surface area (Å²) in [6.45, 7) is 8.05. The van der Waals surface area contributed by atoms with Gasteiger partial charge in [0.2, 0.25) is 0 Å². The van der Waals surface area contributed by atoms with Crippen molar-refractivity contribution in [3.8, 4) is 0 Å². The molecule has 0 aliphatic carbocycles. The normalized spacial score (nSPS) is 14.3. The van der Waals surface area contributed by atoms with Crippen molar-refractivity contribution >= 4 is 6.09 Å². The van der Waals surface area contributed by atoms with Crippen molar-refractivity contribution < 1.29 is 9.53 Å². The third-order valence-electron chi connectivity index (χ3n) is 1.38. The van der Waals surface area contributed by atoms with E-state index in [0.29, 0.717) is 6.61 Å².